The summed E-state index contributed by atoms with van der Waals surface area (Å²) >= 11 is 0. The van der Waals surface area contributed by atoms with Crippen molar-refractivity contribution in [2.24, 2.45) is 11.7 Å². The molecular weight excluding hydrogens is 254 g/mol. The molecule has 1 aliphatic rings. The SMILES string of the molecule is CC1C(C(F)F)CCC[N+]1(C)c1n[nH]cc1C(N)=O. The van der Waals surface area contributed by atoms with Crippen molar-refractivity contribution in [3.05, 3.63) is 11.8 Å². The van der Waals surface area contributed by atoms with Crippen molar-refractivity contribution in [2.45, 2.75) is 32.2 Å². The molecule has 1 saturated heterocycles. The monoisotopic (exact) mass is 273 g/mol. The number of piperidine rings is 1. The van der Waals surface area contributed by atoms with E-state index in [2.05, 4.69) is 10.2 Å². The zero-order valence-electron chi connectivity index (χ0n) is 11.1. The van der Waals surface area contributed by atoms with Crippen LogP contribution in [0, 0.1) is 5.92 Å². The van der Waals surface area contributed by atoms with E-state index in [9.17, 15) is 13.6 Å². The average Bonchev–Trinajstić information content (AvgIpc) is 2.82. The lowest BCUT2D eigenvalue weighted by Crippen LogP contribution is -2.60. The summed E-state index contributed by atoms with van der Waals surface area (Å²) in [6.45, 7) is 2.46. The Hall–Kier alpha value is -1.50. The van der Waals surface area contributed by atoms with Crippen molar-refractivity contribution in [2.75, 3.05) is 13.6 Å². The lowest BCUT2D eigenvalue weighted by atomic mass is 9.88. The summed E-state index contributed by atoms with van der Waals surface area (Å²) in [5.74, 6) is -0.809. The van der Waals surface area contributed by atoms with Crippen LogP contribution in [0.15, 0.2) is 6.20 Å². The number of likely N-dealkylation sites (tertiary alicyclic amines) is 1. The highest BCUT2D eigenvalue weighted by molar-refractivity contribution is 5.97. The van der Waals surface area contributed by atoms with Gasteiger partial charge >= 0.3 is 0 Å². The standard InChI is InChI=1S/C12H18F2N4O/c1-7-8(10(13)14)4-3-5-18(7,2)12-9(11(15)19)6-16-17-12/h6-8,10H,3-5H2,1-2H3,(H2-,15,16,17,19)/p+1. The number of carbonyl (C=O) groups excluding carboxylic acids is 1. The molecular formula is C12H19F2N4O+. The molecule has 5 nitrogen and oxygen atoms in total. The Kier molecular flexibility index (Phi) is 3.58. The fourth-order valence-electron chi connectivity index (χ4n) is 3.01. The molecule has 1 fully saturated rings. The van der Waals surface area contributed by atoms with Gasteiger partial charge < -0.3 is 5.73 Å². The number of nitrogens with one attached hydrogen (secondary N) is 1. The number of nitrogens with two attached hydrogens (primary N) is 1. The van der Waals surface area contributed by atoms with Crippen LogP contribution in [0.25, 0.3) is 0 Å². The molecule has 1 amide bonds. The molecule has 1 aromatic heterocycles. The first kappa shape index (κ1) is 13.9. The maximum Gasteiger partial charge on any atom is 0.259 e. The van der Waals surface area contributed by atoms with Crippen LogP contribution in [-0.4, -0.2) is 42.2 Å². The van der Waals surface area contributed by atoms with Crippen LogP contribution in [-0.2, 0) is 0 Å². The lowest BCUT2D eigenvalue weighted by Gasteiger charge is -2.45. The number of hydrogen-bond acceptors (Lipinski definition) is 2. The fraction of sp³-hybridized carbons (Fsp3) is 0.667. The largest absolute Gasteiger partial charge is 0.365 e. The molecule has 3 unspecified atom stereocenters. The summed E-state index contributed by atoms with van der Waals surface area (Å²) in [4.78, 5) is 11.4. The van der Waals surface area contributed by atoms with Gasteiger partial charge in [-0.2, -0.15) is 0 Å². The number of H-pyrrole nitrogens is 1. The first-order valence-corrected chi connectivity index (χ1v) is 6.35. The summed E-state index contributed by atoms with van der Waals surface area (Å²) in [5, 5.41) is 6.69. The van der Waals surface area contributed by atoms with E-state index in [1.165, 1.54) is 6.20 Å². The predicted octanol–water partition coefficient (Wildman–Crippen LogP) is 1.51. The molecule has 3 atom stereocenters. The number of rotatable bonds is 3. The number of carbonyl (C=O) groups is 1. The summed E-state index contributed by atoms with van der Waals surface area (Å²) in [6, 6.07) is -0.310. The molecule has 2 rings (SSSR count). The summed E-state index contributed by atoms with van der Waals surface area (Å²) in [6.07, 6.45) is 0.257. The minimum atomic E-state index is -2.36. The van der Waals surface area contributed by atoms with Crippen molar-refractivity contribution in [3.63, 3.8) is 0 Å². The third kappa shape index (κ3) is 2.22. The minimum Gasteiger partial charge on any atom is -0.365 e. The van der Waals surface area contributed by atoms with Gasteiger partial charge in [-0.25, -0.2) is 8.78 Å². The Balaban J connectivity index is 2.40. The molecule has 0 spiro atoms. The Morgan fingerprint density at radius 3 is 2.89 bits per heavy atom. The first-order valence-electron chi connectivity index (χ1n) is 6.35. The molecule has 7 heteroatoms. The van der Waals surface area contributed by atoms with Gasteiger partial charge in [0.1, 0.15) is 11.6 Å². The normalized spacial score (nSPS) is 31.6. The summed E-state index contributed by atoms with van der Waals surface area (Å²) in [5.41, 5.74) is 5.59. The van der Waals surface area contributed by atoms with Crippen LogP contribution < -0.4 is 10.2 Å². The molecule has 0 aromatic carbocycles. The van der Waals surface area contributed by atoms with Crippen molar-refractivity contribution < 1.29 is 13.6 Å². The zero-order chi connectivity index (χ0) is 14.2. The number of alkyl halides is 2. The highest BCUT2D eigenvalue weighted by Crippen LogP contribution is 2.37. The molecule has 0 bridgehead atoms. The molecule has 19 heavy (non-hydrogen) atoms. The second kappa shape index (κ2) is 4.88. The molecule has 0 saturated carbocycles. The van der Waals surface area contributed by atoms with Gasteiger partial charge in [0.2, 0.25) is 6.43 Å². The molecule has 0 aliphatic carbocycles. The van der Waals surface area contributed by atoms with Gasteiger partial charge in [-0.3, -0.25) is 14.4 Å². The van der Waals surface area contributed by atoms with Gasteiger partial charge in [-0.15, -0.1) is 5.10 Å². The van der Waals surface area contributed by atoms with Crippen molar-refractivity contribution in [3.8, 4) is 0 Å². The Labute approximate surface area is 110 Å². The van der Waals surface area contributed by atoms with Crippen LogP contribution >= 0.6 is 0 Å². The molecule has 2 heterocycles. The molecule has 0 radical (unpaired) electrons. The average molecular weight is 273 g/mol. The quantitative estimate of drug-likeness (QED) is 0.819. The highest BCUT2D eigenvalue weighted by atomic mass is 19.3. The van der Waals surface area contributed by atoms with Crippen LogP contribution in [0.5, 0.6) is 0 Å². The van der Waals surface area contributed by atoms with Crippen molar-refractivity contribution in [1.29, 1.82) is 0 Å². The minimum absolute atomic E-state index is 0.219. The van der Waals surface area contributed by atoms with Crippen LogP contribution in [0.1, 0.15) is 30.1 Å². The van der Waals surface area contributed by atoms with E-state index in [1.807, 2.05) is 7.05 Å². The van der Waals surface area contributed by atoms with Gasteiger partial charge in [-0.05, 0) is 19.8 Å². The lowest BCUT2D eigenvalue weighted by molar-refractivity contribution is 0.00254. The van der Waals surface area contributed by atoms with Gasteiger partial charge in [0.25, 0.3) is 11.7 Å². The highest BCUT2D eigenvalue weighted by Gasteiger charge is 2.47. The summed E-state index contributed by atoms with van der Waals surface area (Å²) in [7, 11) is 1.84. The Morgan fingerprint density at radius 2 is 2.32 bits per heavy atom. The van der Waals surface area contributed by atoms with Crippen LogP contribution in [0.3, 0.4) is 0 Å². The van der Waals surface area contributed by atoms with E-state index in [-0.39, 0.29) is 16.1 Å². The number of aromatic amines is 1. The zero-order valence-corrected chi connectivity index (χ0v) is 11.1. The second-order valence-corrected chi connectivity index (χ2v) is 5.36. The molecule has 1 aromatic rings. The van der Waals surface area contributed by atoms with E-state index in [4.69, 9.17) is 5.73 Å². The number of hydrogen-bond donors (Lipinski definition) is 2. The Morgan fingerprint density at radius 1 is 1.63 bits per heavy atom. The van der Waals surface area contributed by atoms with Crippen molar-refractivity contribution in [1.82, 2.24) is 14.7 Å². The number of halogens is 2. The first-order chi connectivity index (χ1) is 8.88. The van der Waals surface area contributed by atoms with Crippen molar-refractivity contribution >= 4 is 11.7 Å². The smallest absolute Gasteiger partial charge is 0.259 e. The topological polar surface area (TPSA) is 71.8 Å². The maximum absolute atomic E-state index is 13.1. The van der Waals surface area contributed by atoms with Gasteiger partial charge in [-0.1, -0.05) is 0 Å². The number of quaternary nitrogens is 1. The van der Waals surface area contributed by atoms with E-state index >= 15 is 0 Å². The number of primary amides is 1. The van der Waals surface area contributed by atoms with Crippen LogP contribution in [0.4, 0.5) is 14.6 Å². The van der Waals surface area contributed by atoms with Gasteiger partial charge in [0, 0.05) is 6.20 Å². The number of amides is 1. The summed E-state index contributed by atoms with van der Waals surface area (Å²) < 4.78 is 26.4. The number of aromatic nitrogens is 2. The predicted molar refractivity (Wildman–Crippen MR) is 67.9 cm³/mol. The van der Waals surface area contributed by atoms with Gasteiger partial charge in [0.15, 0.2) is 0 Å². The third-order valence-corrected chi connectivity index (χ3v) is 4.37. The fourth-order valence-corrected chi connectivity index (χ4v) is 3.01. The third-order valence-electron chi connectivity index (χ3n) is 4.37. The molecule has 106 valence electrons. The van der Waals surface area contributed by atoms with E-state index in [0.717, 1.165) is 0 Å². The number of nitrogens with zero attached hydrogens (tertiary/aromatic N) is 2. The molecule has 3 N–H and O–H groups in total. The maximum atomic E-state index is 13.1. The van der Waals surface area contributed by atoms with E-state index in [1.54, 1.807) is 6.92 Å². The van der Waals surface area contributed by atoms with Gasteiger partial charge in [0.05, 0.1) is 19.5 Å². The second-order valence-electron chi connectivity index (χ2n) is 5.36. The van der Waals surface area contributed by atoms with E-state index in [0.29, 0.717) is 25.2 Å². The Bertz CT molecular complexity index is 476. The molecule has 1 aliphatic heterocycles. The van der Waals surface area contributed by atoms with Crippen LogP contribution in [0.2, 0.25) is 0 Å². The van der Waals surface area contributed by atoms with E-state index < -0.39 is 18.3 Å².